The minimum atomic E-state index is -0.312. The van der Waals surface area contributed by atoms with Gasteiger partial charge >= 0.3 is 0 Å². The molecule has 0 saturated carbocycles. The lowest BCUT2D eigenvalue weighted by molar-refractivity contribution is 0.646. The Morgan fingerprint density at radius 1 is 1.14 bits per heavy atom. The van der Waals surface area contributed by atoms with Crippen LogP contribution in [0.15, 0.2) is 27.8 Å². The zero-order chi connectivity index (χ0) is 15.9. The minimum absolute atomic E-state index is 0.306. The quantitative estimate of drug-likeness (QED) is 0.818. The summed E-state index contributed by atoms with van der Waals surface area (Å²) in [5.74, 6) is 0.635. The van der Waals surface area contributed by atoms with Crippen molar-refractivity contribution in [3.05, 3.63) is 60.9 Å². The molecule has 0 aromatic heterocycles. The van der Waals surface area contributed by atoms with Gasteiger partial charge in [0.15, 0.2) is 0 Å². The zero-order valence-electron chi connectivity index (χ0n) is 13.6. The zero-order valence-corrected chi connectivity index (χ0v) is 13.6. The first-order valence-electron chi connectivity index (χ1n) is 8.13. The van der Waals surface area contributed by atoms with E-state index in [9.17, 15) is 9.59 Å². The highest BCUT2D eigenvalue weighted by Gasteiger charge is 2.24. The summed E-state index contributed by atoms with van der Waals surface area (Å²) in [6, 6.07) is 6.76. The van der Waals surface area contributed by atoms with Crippen LogP contribution in [0.2, 0.25) is 0 Å². The Kier molecular flexibility index (Phi) is 3.90. The number of hydrogen-bond acceptors (Lipinski definition) is 3. The lowest BCUT2D eigenvalue weighted by Crippen LogP contribution is -2.42. The first-order chi connectivity index (χ1) is 10.5. The molecule has 0 aliphatic carbocycles. The summed E-state index contributed by atoms with van der Waals surface area (Å²) < 4.78 is 0. The van der Waals surface area contributed by atoms with Crippen molar-refractivity contribution in [2.45, 2.75) is 46.6 Å². The minimum Gasteiger partial charge on any atom is -0.364 e. The van der Waals surface area contributed by atoms with Crippen LogP contribution < -0.4 is 15.8 Å². The number of aryl methyl sites for hydroxylation is 1. The average Bonchev–Trinajstić information content (AvgIpc) is 2.68. The molecular formula is C19H23NO2. The van der Waals surface area contributed by atoms with Gasteiger partial charge in [-0.2, -0.15) is 0 Å². The maximum Gasteiger partial charge on any atom is 0.249 e. The monoisotopic (exact) mass is 297 g/mol. The van der Waals surface area contributed by atoms with E-state index in [0.717, 1.165) is 32.4 Å². The van der Waals surface area contributed by atoms with Crippen LogP contribution in [-0.4, -0.2) is 6.54 Å². The van der Waals surface area contributed by atoms with E-state index < -0.39 is 0 Å². The van der Waals surface area contributed by atoms with Gasteiger partial charge in [-0.05, 0) is 48.8 Å². The van der Waals surface area contributed by atoms with E-state index in [0.29, 0.717) is 17.2 Å². The summed E-state index contributed by atoms with van der Waals surface area (Å²) in [7, 11) is 0. The van der Waals surface area contributed by atoms with E-state index in [4.69, 9.17) is 0 Å². The molecule has 0 fully saturated rings. The summed E-state index contributed by atoms with van der Waals surface area (Å²) in [4.78, 5) is 25.4. The number of benzene rings is 1. The summed E-state index contributed by atoms with van der Waals surface area (Å²) in [6.07, 6.45) is 3.14. The maximum absolute atomic E-state index is 11.9. The molecule has 0 bridgehead atoms. The lowest BCUT2D eigenvalue weighted by Gasteiger charge is -2.25. The van der Waals surface area contributed by atoms with Gasteiger partial charge in [-0.3, -0.25) is 9.59 Å². The first-order valence-corrected chi connectivity index (χ1v) is 8.13. The Balaban J connectivity index is 1.91. The molecule has 0 N–H and O–H groups in total. The molecule has 3 nitrogen and oxygen atoms in total. The summed E-state index contributed by atoms with van der Waals surface area (Å²) in [6.45, 7) is 7.81. The van der Waals surface area contributed by atoms with Gasteiger partial charge in [0.1, 0.15) is 0 Å². The topological polar surface area (TPSA) is 37.4 Å². The molecule has 1 aliphatic rings. The van der Waals surface area contributed by atoms with E-state index in [2.05, 4.69) is 36.9 Å². The average molecular weight is 297 g/mol. The highest BCUT2D eigenvalue weighted by molar-refractivity contribution is 5.58. The molecular weight excluding hydrogens is 274 g/mol. The molecule has 0 radical (unpaired) electrons. The second-order valence-electron chi connectivity index (χ2n) is 6.86. The molecule has 22 heavy (non-hydrogen) atoms. The fourth-order valence-corrected chi connectivity index (χ4v) is 3.48. The molecule has 0 spiro atoms. The fraction of sp³-hybridized carbons (Fsp3) is 0.474. The van der Waals surface area contributed by atoms with Crippen LogP contribution in [0.3, 0.4) is 0 Å². The predicted molar refractivity (Wildman–Crippen MR) is 90.4 cm³/mol. The van der Waals surface area contributed by atoms with Crippen LogP contribution in [0, 0.1) is 12.8 Å². The highest BCUT2D eigenvalue weighted by atomic mass is 16.2. The summed E-state index contributed by atoms with van der Waals surface area (Å²) in [5, 5.41) is 0. The third-order valence-electron chi connectivity index (χ3n) is 4.58. The van der Waals surface area contributed by atoms with E-state index in [1.807, 2.05) is 0 Å². The van der Waals surface area contributed by atoms with Crippen molar-refractivity contribution in [2.75, 3.05) is 11.4 Å². The number of anilines is 1. The Morgan fingerprint density at radius 3 is 2.59 bits per heavy atom. The number of rotatable bonds is 3. The second kappa shape index (κ2) is 5.71. The normalized spacial score (nSPS) is 15.2. The Labute approximate surface area is 131 Å². The van der Waals surface area contributed by atoms with E-state index in [-0.39, 0.29) is 10.9 Å². The predicted octanol–water partition coefficient (Wildman–Crippen LogP) is 2.74. The Morgan fingerprint density at radius 2 is 1.91 bits per heavy atom. The van der Waals surface area contributed by atoms with Crippen molar-refractivity contribution in [2.24, 2.45) is 5.92 Å². The lowest BCUT2D eigenvalue weighted by atomic mass is 9.96. The number of nitrogens with zero attached hydrogens (tertiary/aromatic N) is 1. The van der Waals surface area contributed by atoms with E-state index in [1.54, 1.807) is 6.92 Å². The van der Waals surface area contributed by atoms with E-state index in [1.165, 1.54) is 16.7 Å². The standard InChI is InChI=1S/C19H23NO2/c1-12(2)9-14-6-7-15-5-4-8-20(11-16(15)10-14)17-13(3)18(21)19(17)22/h6-7,10,12H,4-5,8-9,11H2,1-3H3. The van der Waals surface area contributed by atoms with Gasteiger partial charge in [-0.25, -0.2) is 0 Å². The SMILES string of the molecule is Cc1c(N2CCCc3ccc(CC(C)C)cc3C2)c(=O)c1=O. The molecule has 3 heteroatoms. The van der Waals surface area contributed by atoms with Crippen LogP contribution in [0.5, 0.6) is 0 Å². The van der Waals surface area contributed by atoms with Gasteiger partial charge in [0, 0.05) is 18.7 Å². The van der Waals surface area contributed by atoms with Crippen LogP contribution in [-0.2, 0) is 19.4 Å². The molecule has 1 aliphatic heterocycles. The molecule has 0 saturated heterocycles. The Hall–Kier alpha value is -1.90. The van der Waals surface area contributed by atoms with Crippen molar-refractivity contribution >= 4 is 5.69 Å². The molecule has 0 atom stereocenters. The molecule has 0 amide bonds. The summed E-state index contributed by atoms with van der Waals surface area (Å²) >= 11 is 0. The molecule has 2 aromatic rings. The fourth-order valence-electron chi connectivity index (χ4n) is 3.48. The number of fused-ring (bicyclic) bond motifs is 1. The van der Waals surface area contributed by atoms with Crippen molar-refractivity contribution in [3.63, 3.8) is 0 Å². The van der Waals surface area contributed by atoms with Gasteiger partial charge in [0.25, 0.3) is 0 Å². The van der Waals surface area contributed by atoms with Gasteiger partial charge in [0.05, 0.1) is 5.69 Å². The smallest absolute Gasteiger partial charge is 0.249 e. The largest absolute Gasteiger partial charge is 0.364 e. The van der Waals surface area contributed by atoms with Crippen molar-refractivity contribution in [1.82, 2.24) is 0 Å². The van der Waals surface area contributed by atoms with Gasteiger partial charge < -0.3 is 4.90 Å². The van der Waals surface area contributed by atoms with Crippen LogP contribution in [0.25, 0.3) is 0 Å². The molecule has 0 unspecified atom stereocenters. The highest BCUT2D eigenvalue weighted by Crippen LogP contribution is 2.25. The third kappa shape index (κ3) is 2.60. The van der Waals surface area contributed by atoms with E-state index >= 15 is 0 Å². The first kappa shape index (κ1) is 15.0. The van der Waals surface area contributed by atoms with Crippen LogP contribution in [0.1, 0.15) is 42.5 Å². The second-order valence-corrected chi connectivity index (χ2v) is 6.86. The molecule has 2 aromatic carbocycles. The summed E-state index contributed by atoms with van der Waals surface area (Å²) in [5.41, 5.74) is 4.71. The van der Waals surface area contributed by atoms with Gasteiger partial charge in [0.2, 0.25) is 10.9 Å². The van der Waals surface area contributed by atoms with Crippen LogP contribution in [0.4, 0.5) is 5.69 Å². The van der Waals surface area contributed by atoms with Crippen molar-refractivity contribution in [3.8, 4) is 0 Å². The molecule has 116 valence electrons. The van der Waals surface area contributed by atoms with Gasteiger partial charge in [-0.1, -0.05) is 32.0 Å². The molecule has 1 heterocycles. The van der Waals surface area contributed by atoms with Crippen LogP contribution >= 0.6 is 0 Å². The molecule has 3 rings (SSSR count). The van der Waals surface area contributed by atoms with Crippen molar-refractivity contribution in [1.29, 1.82) is 0 Å². The maximum atomic E-state index is 11.9. The number of hydrogen-bond donors (Lipinski definition) is 0. The van der Waals surface area contributed by atoms with Crippen molar-refractivity contribution < 1.29 is 0 Å². The third-order valence-corrected chi connectivity index (χ3v) is 4.58. The Bertz CT molecular complexity index is 766. The van der Waals surface area contributed by atoms with Gasteiger partial charge in [-0.15, -0.1) is 0 Å².